The van der Waals surface area contributed by atoms with Crippen LogP contribution in [0.25, 0.3) is 22.6 Å². The summed E-state index contributed by atoms with van der Waals surface area (Å²) in [5.74, 6) is 0.0372. The Morgan fingerprint density at radius 2 is 2.00 bits per heavy atom. The maximum absolute atomic E-state index is 13.0. The highest BCUT2D eigenvalue weighted by molar-refractivity contribution is 6.33. The van der Waals surface area contributed by atoms with Crippen LogP contribution in [0.2, 0.25) is 5.02 Å². The second kappa shape index (κ2) is 3.99. The highest BCUT2D eigenvalue weighted by atomic mass is 35.5. The molecule has 90 valence electrons. The van der Waals surface area contributed by atoms with Crippen LogP contribution in [-0.2, 0) is 0 Å². The van der Waals surface area contributed by atoms with Crippen LogP contribution in [0.5, 0.6) is 0 Å². The summed E-state index contributed by atoms with van der Waals surface area (Å²) in [7, 11) is 0. The lowest BCUT2D eigenvalue weighted by Gasteiger charge is -1.99. The number of anilines is 1. The van der Waals surface area contributed by atoms with E-state index in [2.05, 4.69) is 4.98 Å². The van der Waals surface area contributed by atoms with Crippen molar-refractivity contribution in [3.05, 3.63) is 47.2 Å². The Balaban J connectivity index is 2.16. The topological polar surface area (TPSA) is 52.0 Å². The van der Waals surface area contributed by atoms with E-state index in [1.807, 2.05) is 0 Å². The van der Waals surface area contributed by atoms with Gasteiger partial charge in [-0.2, -0.15) is 0 Å². The van der Waals surface area contributed by atoms with Crippen molar-refractivity contribution in [1.29, 1.82) is 0 Å². The Morgan fingerprint density at radius 3 is 2.78 bits per heavy atom. The second-order valence-electron chi connectivity index (χ2n) is 3.87. The molecule has 0 amide bonds. The molecular formula is C13H8ClFN2O. The lowest BCUT2D eigenvalue weighted by molar-refractivity contribution is 0.614. The van der Waals surface area contributed by atoms with E-state index in [0.717, 1.165) is 0 Å². The van der Waals surface area contributed by atoms with Crippen molar-refractivity contribution in [2.45, 2.75) is 0 Å². The Hall–Kier alpha value is -2.07. The minimum Gasteiger partial charge on any atom is -0.436 e. The van der Waals surface area contributed by atoms with Crippen LogP contribution in [0.1, 0.15) is 0 Å². The summed E-state index contributed by atoms with van der Waals surface area (Å²) >= 11 is 5.93. The summed E-state index contributed by atoms with van der Waals surface area (Å²) in [6.45, 7) is 0. The molecule has 0 aliphatic heterocycles. The zero-order chi connectivity index (χ0) is 12.7. The van der Waals surface area contributed by atoms with Crippen molar-refractivity contribution in [2.75, 3.05) is 5.73 Å². The minimum absolute atomic E-state index is 0.349. The predicted octanol–water partition coefficient (Wildman–Crippen LogP) is 3.87. The molecule has 0 bridgehead atoms. The highest BCUT2D eigenvalue weighted by Gasteiger charge is 2.10. The molecule has 1 heterocycles. The van der Waals surface area contributed by atoms with Crippen molar-refractivity contribution >= 4 is 28.4 Å². The predicted molar refractivity (Wildman–Crippen MR) is 68.8 cm³/mol. The SMILES string of the molecule is Nc1ccc(-c2nc3cc(F)ccc3o2)cc1Cl. The molecule has 5 heteroatoms. The monoisotopic (exact) mass is 262 g/mol. The van der Waals surface area contributed by atoms with Gasteiger partial charge in [-0.1, -0.05) is 11.6 Å². The van der Waals surface area contributed by atoms with Crippen molar-refractivity contribution in [1.82, 2.24) is 4.98 Å². The lowest BCUT2D eigenvalue weighted by atomic mass is 10.2. The minimum atomic E-state index is -0.349. The summed E-state index contributed by atoms with van der Waals surface area (Å²) in [5, 5.41) is 0.431. The van der Waals surface area contributed by atoms with Gasteiger partial charge in [-0.05, 0) is 30.3 Å². The second-order valence-corrected chi connectivity index (χ2v) is 4.27. The average Bonchev–Trinajstić information content (AvgIpc) is 2.75. The molecule has 0 atom stereocenters. The first-order valence-electron chi connectivity index (χ1n) is 5.25. The van der Waals surface area contributed by atoms with Crippen LogP contribution in [-0.4, -0.2) is 4.98 Å². The number of hydrogen-bond donors (Lipinski definition) is 1. The molecule has 0 aliphatic carbocycles. The van der Waals surface area contributed by atoms with E-state index >= 15 is 0 Å². The van der Waals surface area contributed by atoms with E-state index in [-0.39, 0.29) is 5.82 Å². The Morgan fingerprint density at radius 1 is 1.17 bits per heavy atom. The van der Waals surface area contributed by atoms with E-state index in [0.29, 0.717) is 33.3 Å². The molecule has 3 aromatic rings. The van der Waals surface area contributed by atoms with Gasteiger partial charge in [0.15, 0.2) is 5.58 Å². The molecule has 2 aromatic carbocycles. The van der Waals surface area contributed by atoms with Gasteiger partial charge in [0, 0.05) is 11.6 Å². The maximum Gasteiger partial charge on any atom is 0.227 e. The first-order valence-corrected chi connectivity index (χ1v) is 5.63. The van der Waals surface area contributed by atoms with Crippen LogP contribution >= 0.6 is 11.6 Å². The van der Waals surface area contributed by atoms with Crippen LogP contribution in [0.3, 0.4) is 0 Å². The van der Waals surface area contributed by atoms with Gasteiger partial charge in [0.1, 0.15) is 11.3 Å². The molecule has 0 radical (unpaired) electrons. The third-order valence-electron chi connectivity index (χ3n) is 2.60. The molecular weight excluding hydrogens is 255 g/mol. The number of nitrogen functional groups attached to an aromatic ring is 1. The smallest absolute Gasteiger partial charge is 0.227 e. The Kier molecular flexibility index (Phi) is 2.45. The third kappa shape index (κ3) is 1.80. The maximum atomic E-state index is 13.0. The van der Waals surface area contributed by atoms with Crippen LogP contribution in [0.4, 0.5) is 10.1 Å². The first-order chi connectivity index (χ1) is 8.63. The molecule has 0 saturated carbocycles. The summed E-state index contributed by atoms with van der Waals surface area (Å²) in [5.41, 5.74) is 7.82. The van der Waals surface area contributed by atoms with Gasteiger partial charge >= 0.3 is 0 Å². The number of nitrogens with two attached hydrogens (primary N) is 1. The van der Waals surface area contributed by atoms with Gasteiger partial charge < -0.3 is 10.2 Å². The van der Waals surface area contributed by atoms with Gasteiger partial charge in [-0.25, -0.2) is 9.37 Å². The molecule has 0 unspecified atom stereocenters. The standard InChI is InChI=1S/C13H8ClFN2O/c14-9-5-7(1-3-10(9)16)13-17-11-6-8(15)2-4-12(11)18-13/h1-6H,16H2. The third-order valence-corrected chi connectivity index (χ3v) is 2.92. The zero-order valence-corrected chi connectivity index (χ0v) is 9.91. The van der Waals surface area contributed by atoms with Crippen LogP contribution < -0.4 is 5.73 Å². The zero-order valence-electron chi connectivity index (χ0n) is 9.15. The molecule has 0 aliphatic rings. The molecule has 18 heavy (non-hydrogen) atoms. The fourth-order valence-corrected chi connectivity index (χ4v) is 1.86. The molecule has 3 rings (SSSR count). The number of nitrogens with zero attached hydrogens (tertiary/aromatic N) is 1. The van der Waals surface area contributed by atoms with E-state index in [4.69, 9.17) is 21.8 Å². The van der Waals surface area contributed by atoms with E-state index in [9.17, 15) is 4.39 Å². The lowest BCUT2D eigenvalue weighted by Crippen LogP contribution is -1.86. The molecule has 0 spiro atoms. The van der Waals surface area contributed by atoms with E-state index < -0.39 is 0 Å². The first kappa shape index (κ1) is 11.0. The molecule has 0 fully saturated rings. The fraction of sp³-hybridized carbons (Fsp3) is 0. The molecule has 2 N–H and O–H groups in total. The number of fused-ring (bicyclic) bond motifs is 1. The number of halogens is 2. The normalized spacial score (nSPS) is 11.0. The Bertz CT molecular complexity index is 739. The van der Waals surface area contributed by atoms with Crippen molar-refractivity contribution in [2.24, 2.45) is 0 Å². The number of benzene rings is 2. The Labute approximate surface area is 107 Å². The fourth-order valence-electron chi connectivity index (χ4n) is 1.68. The summed E-state index contributed by atoms with van der Waals surface area (Å²) in [6, 6.07) is 9.28. The number of aromatic nitrogens is 1. The van der Waals surface area contributed by atoms with Gasteiger partial charge in [0.2, 0.25) is 5.89 Å². The van der Waals surface area contributed by atoms with Gasteiger partial charge in [0.05, 0.1) is 10.7 Å². The molecule has 0 saturated heterocycles. The average molecular weight is 263 g/mol. The van der Waals surface area contributed by atoms with Crippen LogP contribution in [0, 0.1) is 5.82 Å². The van der Waals surface area contributed by atoms with Gasteiger partial charge in [-0.3, -0.25) is 0 Å². The van der Waals surface area contributed by atoms with Crippen molar-refractivity contribution in [3.63, 3.8) is 0 Å². The van der Waals surface area contributed by atoms with Crippen molar-refractivity contribution in [3.8, 4) is 11.5 Å². The highest BCUT2D eigenvalue weighted by Crippen LogP contribution is 2.29. The summed E-state index contributed by atoms with van der Waals surface area (Å²) < 4.78 is 18.6. The number of hydrogen-bond acceptors (Lipinski definition) is 3. The van der Waals surface area contributed by atoms with Crippen LogP contribution in [0.15, 0.2) is 40.8 Å². The van der Waals surface area contributed by atoms with Gasteiger partial charge in [0.25, 0.3) is 0 Å². The molecule has 3 nitrogen and oxygen atoms in total. The summed E-state index contributed by atoms with van der Waals surface area (Å²) in [4.78, 5) is 4.21. The van der Waals surface area contributed by atoms with E-state index in [1.54, 1.807) is 24.3 Å². The van der Waals surface area contributed by atoms with E-state index in [1.165, 1.54) is 12.1 Å². The van der Waals surface area contributed by atoms with Gasteiger partial charge in [-0.15, -0.1) is 0 Å². The number of rotatable bonds is 1. The number of oxazole rings is 1. The van der Waals surface area contributed by atoms with Crippen molar-refractivity contribution < 1.29 is 8.81 Å². The summed E-state index contributed by atoms with van der Waals surface area (Å²) in [6.07, 6.45) is 0. The molecule has 1 aromatic heterocycles. The largest absolute Gasteiger partial charge is 0.436 e. The quantitative estimate of drug-likeness (QED) is 0.677.